The Labute approximate surface area is 108 Å². The second kappa shape index (κ2) is 6.47. The van der Waals surface area contributed by atoms with Gasteiger partial charge in [0.15, 0.2) is 7.83 Å². The van der Waals surface area contributed by atoms with Gasteiger partial charge in [0.05, 0.1) is 7.59 Å². The van der Waals surface area contributed by atoms with Gasteiger partial charge in [-0.25, -0.2) is 0 Å². The molecular weight excluding hydrogens is 244 g/mol. The van der Waals surface area contributed by atoms with E-state index in [-0.39, 0.29) is 0 Å². The van der Waals surface area contributed by atoms with Crippen LogP contribution in [0.15, 0.2) is 0 Å². The van der Waals surface area contributed by atoms with Gasteiger partial charge in [-0.15, -0.1) is 0 Å². The lowest BCUT2D eigenvalue weighted by molar-refractivity contribution is 0.172. The zero-order valence-electron chi connectivity index (χ0n) is 12.0. The highest BCUT2D eigenvalue weighted by molar-refractivity contribution is 7.38. The summed E-state index contributed by atoms with van der Waals surface area (Å²) in [6.07, 6.45) is 4.28. The SMILES string of the molecule is C[Si]1(C)CCC(CCCNCCN)O[Si]1(C)C. The van der Waals surface area contributed by atoms with Crippen molar-refractivity contribution < 1.29 is 4.43 Å². The average Bonchev–Trinajstić information content (AvgIpc) is 2.23. The molecule has 0 saturated carbocycles. The third kappa shape index (κ3) is 4.48. The van der Waals surface area contributed by atoms with Crippen LogP contribution in [0.2, 0.25) is 32.2 Å². The molecule has 1 heterocycles. The Morgan fingerprint density at radius 2 is 1.94 bits per heavy atom. The smallest absolute Gasteiger partial charge is 0.174 e. The second-order valence-corrected chi connectivity index (χ2v) is 21.6. The molecule has 1 atom stereocenters. The summed E-state index contributed by atoms with van der Waals surface area (Å²) in [5.41, 5.74) is 5.44. The Kier molecular flexibility index (Phi) is 5.85. The van der Waals surface area contributed by atoms with Crippen LogP contribution in [-0.2, 0) is 4.43 Å². The van der Waals surface area contributed by atoms with Crippen LogP contribution in [0.5, 0.6) is 0 Å². The fraction of sp³-hybridized carbons (Fsp3) is 1.00. The lowest BCUT2D eigenvalue weighted by Crippen LogP contribution is -2.61. The van der Waals surface area contributed by atoms with E-state index < -0.39 is 15.4 Å². The van der Waals surface area contributed by atoms with Gasteiger partial charge in [0.25, 0.3) is 0 Å². The van der Waals surface area contributed by atoms with Gasteiger partial charge in [-0.2, -0.15) is 0 Å². The van der Waals surface area contributed by atoms with E-state index in [0.29, 0.717) is 6.10 Å². The van der Waals surface area contributed by atoms with Crippen molar-refractivity contribution in [2.24, 2.45) is 5.73 Å². The van der Waals surface area contributed by atoms with Gasteiger partial charge in [-0.05, 0) is 38.9 Å². The van der Waals surface area contributed by atoms with E-state index in [1.807, 2.05) is 0 Å². The minimum Gasteiger partial charge on any atom is -0.417 e. The maximum atomic E-state index is 6.44. The number of nitrogens with two attached hydrogens (primary N) is 1. The summed E-state index contributed by atoms with van der Waals surface area (Å²) in [5.74, 6) is 0. The lowest BCUT2D eigenvalue weighted by Gasteiger charge is -2.45. The van der Waals surface area contributed by atoms with Crippen molar-refractivity contribution in [3.05, 3.63) is 0 Å². The summed E-state index contributed by atoms with van der Waals surface area (Å²) in [4.78, 5) is 0. The first-order chi connectivity index (χ1) is 7.89. The van der Waals surface area contributed by atoms with Crippen molar-refractivity contribution in [2.45, 2.75) is 57.6 Å². The molecule has 1 aliphatic rings. The Morgan fingerprint density at radius 3 is 2.53 bits per heavy atom. The van der Waals surface area contributed by atoms with Crippen molar-refractivity contribution in [1.82, 2.24) is 5.32 Å². The van der Waals surface area contributed by atoms with Crippen molar-refractivity contribution in [1.29, 1.82) is 0 Å². The number of hydrogen-bond donors (Lipinski definition) is 2. The van der Waals surface area contributed by atoms with Gasteiger partial charge in [0.1, 0.15) is 0 Å². The van der Waals surface area contributed by atoms with Crippen molar-refractivity contribution in [3.8, 4) is 0 Å². The highest BCUT2D eigenvalue weighted by Crippen LogP contribution is 2.34. The Hall–Kier alpha value is 0.314. The third-order valence-electron chi connectivity index (χ3n) is 4.38. The summed E-state index contributed by atoms with van der Waals surface area (Å²) in [7, 11) is -2.39. The first-order valence-electron chi connectivity index (χ1n) is 6.98. The molecule has 17 heavy (non-hydrogen) atoms. The van der Waals surface area contributed by atoms with Crippen LogP contribution in [0, 0.1) is 0 Å². The van der Waals surface area contributed by atoms with Crippen molar-refractivity contribution in [3.63, 3.8) is 0 Å². The fourth-order valence-electron chi connectivity index (χ4n) is 2.34. The number of rotatable bonds is 6. The van der Waals surface area contributed by atoms with E-state index in [1.54, 1.807) is 0 Å². The Morgan fingerprint density at radius 1 is 1.24 bits per heavy atom. The number of hydrogen-bond acceptors (Lipinski definition) is 3. The van der Waals surface area contributed by atoms with E-state index in [4.69, 9.17) is 10.2 Å². The summed E-state index contributed by atoms with van der Waals surface area (Å²) < 4.78 is 6.44. The monoisotopic (exact) mass is 274 g/mol. The molecule has 0 aromatic carbocycles. The summed E-state index contributed by atoms with van der Waals surface area (Å²) >= 11 is 0. The van der Waals surface area contributed by atoms with Crippen LogP contribution in [-0.4, -0.2) is 41.2 Å². The molecule has 1 rings (SSSR count). The van der Waals surface area contributed by atoms with E-state index in [9.17, 15) is 0 Å². The normalized spacial score (nSPS) is 27.0. The van der Waals surface area contributed by atoms with Gasteiger partial charge in [-0.1, -0.05) is 19.1 Å². The van der Waals surface area contributed by atoms with Crippen LogP contribution in [0.1, 0.15) is 19.3 Å². The van der Waals surface area contributed by atoms with E-state index >= 15 is 0 Å². The maximum Gasteiger partial charge on any atom is 0.174 e. The van der Waals surface area contributed by atoms with Gasteiger partial charge >= 0.3 is 0 Å². The largest absolute Gasteiger partial charge is 0.417 e. The summed E-state index contributed by atoms with van der Waals surface area (Å²) in [6.45, 7) is 12.6. The average molecular weight is 275 g/mol. The zero-order valence-corrected chi connectivity index (χ0v) is 14.0. The van der Waals surface area contributed by atoms with Gasteiger partial charge in [0, 0.05) is 19.2 Å². The molecular formula is C12H30N2OSi2. The predicted molar refractivity (Wildman–Crippen MR) is 80.4 cm³/mol. The van der Waals surface area contributed by atoms with Crippen LogP contribution in [0.4, 0.5) is 0 Å². The van der Waals surface area contributed by atoms with Crippen molar-refractivity contribution in [2.75, 3.05) is 19.6 Å². The highest BCUT2D eigenvalue weighted by atomic mass is 29.3. The maximum absolute atomic E-state index is 6.44. The topological polar surface area (TPSA) is 47.3 Å². The second-order valence-electron chi connectivity index (χ2n) is 6.35. The lowest BCUT2D eigenvalue weighted by atomic mass is 10.1. The third-order valence-corrected chi connectivity index (χ3v) is 21.0. The molecule has 0 aliphatic carbocycles. The molecule has 0 radical (unpaired) electrons. The zero-order chi connectivity index (χ0) is 12.9. The predicted octanol–water partition coefficient (Wildman–Crippen LogP) is 2.10. The Balaban J connectivity index is 2.24. The molecule has 3 N–H and O–H groups in total. The fourth-order valence-corrected chi connectivity index (χ4v) is 9.07. The molecule has 3 nitrogen and oxygen atoms in total. The molecule has 0 amide bonds. The molecule has 1 aliphatic heterocycles. The Bertz CT molecular complexity index is 235. The molecule has 1 fully saturated rings. The quantitative estimate of drug-likeness (QED) is 0.576. The molecule has 1 saturated heterocycles. The van der Waals surface area contributed by atoms with Crippen LogP contribution in [0.3, 0.4) is 0 Å². The molecule has 0 bridgehead atoms. The highest BCUT2D eigenvalue weighted by Gasteiger charge is 2.47. The minimum absolute atomic E-state index is 0.539. The standard InChI is InChI=1S/C12H30N2OSi2/c1-16(2)11-7-12(15-17(16,3)4)6-5-9-14-10-8-13/h12,14H,5-11,13H2,1-4H3. The van der Waals surface area contributed by atoms with Crippen LogP contribution in [0.25, 0.3) is 0 Å². The van der Waals surface area contributed by atoms with E-state index in [0.717, 1.165) is 19.6 Å². The van der Waals surface area contributed by atoms with Gasteiger partial charge < -0.3 is 15.5 Å². The first kappa shape index (κ1) is 15.4. The summed E-state index contributed by atoms with van der Waals surface area (Å²) in [5, 5.41) is 3.35. The van der Waals surface area contributed by atoms with Crippen molar-refractivity contribution >= 4 is 15.4 Å². The summed E-state index contributed by atoms with van der Waals surface area (Å²) in [6, 6.07) is 1.47. The minimum atomic E-state index is -1.36. The molecule has 0 aromatic heterocycles. The molecule has 102 valence electrons. The van der Waals surface area contributed by atoms with E-state index in [1.165, 1.54) is 25.3 Å². The van der Waals surface area contributed by atoms with Crippen LogP contribution < -0.4 is 11.1 Å². The molecule has 1 unspecified atom stereocenters. The molecule has 5 heteroatoms. The van der Waals surface area contributed by atoms with Gasteiger partial charge in [0.2, 0.25) is 0 Å². The van der Waals surface area contributed by atoms with E-state index in [2.05, 4.69) is 31.5 Å². The molecule has 0 aromatic rings. The molecule has 0 spiro atoms. The number of nitrogens with one attached hydrogen (secondary N) is 1. The van der Waals surface area contributed by atoms with Gasteiger partial charge in [-0.3, -0.25) is 0 Å². The first-order valence-corrected chi connectivity index (χ1v) is 14.1. The van der Waals surface area contributed by atoms with Crippen LogP contribution >= 0.6 is 0 Å².